The van der Waals surface area contributed by atoms with Gasteiger partial charge in [-0.15, -0.1) is 0 Å². The van der Waals surface area contributed by atoms with Crippen molar-refractivity contribution in [2.45, 2.75) is 76.9 Å². The summed E-state index contributed by atoms with van der Waals surface area (Å²) in [5.41, 5.74) is 21.2. The Kier molecular flexibility index (Phi) is 14.2. The number of benzene rings is 2. The molecule has 16 nitrogen and oxygen atoms in total. The summed E-state index contributed by atoms with van der Waals surface area (Å²) in [6.07, 6.45) is 1.16. The molecule has 0 heterocycles. The smallest absolute Gasteiger partial charge is 0.393 e. The molecule has 51 heavy (non-hydrogen) atoms. The molecule has 17 heteroatoms. The molecule has 12 N–H and O–H groups in total. The van der Waals surface area contributed by atoms with Crippen LogP contribution < -0.4 is 44.2 Å². The summed E-state index contributed by atoms with van der Waals surface area (Å²) in [4.78, 5) is 61.0. The number of guanidine groups is 2. The third-order valence-electron chi connectivity index (χ3n) is 8.69. The first kappa shape index (κ1) is 38.6. The first-order chi connectivity index (χ1) is 24.5. The lowest BCUT2D eigenvalue weighted by Crippen LogP contribution is -2.49. The zero-order valence-corrected chi connectivity index (χ0v) is 28.6. The molecule has 4 rings (SSSR count). The molecule has 2 atom stereocenters. The van der Waals surface area contributed by atoms with Crippen molar-refractivity contribution in [1.82, 2.24) is 21.3 Å². The quantitative estimate of drug-likeness (QED) is 0.0199. The zero-order chi connectivity index (χ0) is 36.7. The monoisotopic (exact) mass is 703 g/mol. The van der Waals surface area contributed by atoms with Gasteiger partial charge in [0.05, 0.1) is 0 Å². The van der Waals surface area contributed by atoms with E-state index in [1.54, 1.807) is 0 Å². The van der Waals surface area contributed by atoms with Crippen molar-refractivity contribution >= 4 is 43.2 Å². The molecular weight excluding hydrogens is 655 g/mol. The Morgan fingerprint density at radius 2 is 1.00 bits per heavy atom. The van der Waals surface area contributed by atoms with Crippen molar-refractivity contribution < 1.29 is 28.5 Å². The molecule has 4 amide bonds. The number of nitrogens with zero attached hydrogens (tertiary/aromatic N) is 2. The van der Waals surface area contributed by atoms with Crippen molar-refractivity contribution in [1.29, 1.82) is 0 Å². The second kappa shape index (κ2) is 18.7. The minimum atomic E-state index is -1.21. The van der Waals surface area contributed by atoms with E-state index in [2.05, 4.69) is 31.3 Å². The molecule has 2 aliphatic rings. The topological polar surface area (TPSA) is 264 Å². The first-order valence-corrected chi connectivity index (χ1v) is 17.0. The third kappa shape index (κ3) is 12.0. The van der Waals surface area contributed by atoms with Crippen LogP contribution in [0.4, 0.5) is 0 Å². The Labute approximate surface area is 298 Å². The van der Waals surface area contributed by atoms with Crippen LogP contribution in [0.25, 0.3) is 0 Å². The van der Waals surface area contributed by atoms with Gasteiger partial charge < -0.3 is 53.5 Å². The molecule has 2 fully saturated rings. The maximum Gasteiger partial charge on any atom is 0.491 e. The van der Waals surface area contributed by atoms with E-state index in [0.717, 1.165) is 18.8 Å². The van der Waals surface area contributed by atoms with E-state index >= 15 is 0 Å². The molecule has 273 valence electrons. The number of hydrogen-bond acceptors (Lipinski definition) is 8. The molecule has 2 unspecified atom stereocenters. The second-order valence-corrected chi connectivity index (χ2v) is 12.7. The lowest BCUT2D eigenvalue weighted by atomic mass is 10.0. The standard InChI is InChI=1S/C34H48BN10O6/c36-31(37)40-19-7-13-25(44-29(48)33(15-16-33)27(46)42-21-23-9-3-1-4-10-23)50-35-51-26(14-8-20-41-32(38)39)45-30(49)34(17-18-34)28(47)43-22-24-11-5-2-6-12-24/h1-6,9-12,25-26H,7-8,13-22H2,(H,42,46)(H,43,47)(H,44,48)(H,45,49)(H4,36,37,40)(H4,38,39,41). The van der Waals surface area contributed by atoms with Crippen molar-refractivity contribution in [3.63, 3.8) is 0 Å². The summed E-state index contributed by atoms with van der Waals surface area (Å²) in [7, 11) is 1.03. The normalized spacial score (nSPS) is 15.9. The molecule has 0 spiro atoms. The predicted molar refractivity (Wildman–Crippen MR) is 192 cm³/mol. The Morgan fingerprint density at radius 3 is 1.33 bits per heavy atom. The lowest BCUT2D eigenvalue weighted by molar-refractivity contribution is -0.140. The van der Waals surface area contributed by atoms with Gasteiger partial charge in [0.15, 0.2) is 11.9 Å². The third-order valence-corrected chi connectivity index (χ3v) is 8.69. The van der Waals surface area contributed by atoms with Crippen LogP contribution in [0.2, 0.25) is 0 Å². The fourth-order valence-corrected chi connectivity index (χ4v) is 5.31. The van der Waals surface area contributed by atoms with Crippen LogP contribution in [0.5, 0.6) is 0 Å². The summed E-state index contributed by atoms with van der Waals surface area (Å²) in [6, 6.07) is 18.8. The molecule has 2 aromatic carbocycles. The van der Waals surface area contributed by atoms with Crippen LogP contribution in [0, 0.1) is 10.8 Å². The first-order valence-electron chi connectivity index (χ1n) is 17.0. The van der Waals surface area contributed by atoms with Crippen LogP contribution in [-0.4, -0.2) is 68.8 Å². The van der Waals surface area contributed by atoms with E-state index in [0.29, 0.717) is 51.6 Å². The lowest BCUT2D eigenvalue weighted by Gasteiger charge is -2.25. The van der Waals surface area contributed by atoms with Gasteiger partial charge in [-0.1, -0.05) is 60.7 Å². The van der Waals surface area contributed by atoms with Gasteiger partial charge in [0, 0.05) is 26.2 Å². The fraction of sp³-hybridized carbons (Fsp3) is 0.471. The number of carbonyl (C=O) groups excluding carboxylic acids is 4. The highest BCUT2D eigenvalue weighted by Crippen LogP contribution is 2.47. The van der Waals surface area contributed by atoms with Gasteiger partial charge in [-0.3, -0.25) is 29.2 Å². The molecule has 1 radical (unpaired) electrons. The molecule has 2 aromatic rings. The second-order valence-electron chi connectivity index (χ2n) is 12.7. The minimum Gasteiger partial charge on any atom is -0.393 e. The van der Waals surface area contributed by atoms with Crippen molar-refractivity contribution in [2.75, 3.05) is 13.1 Å². The molecule has 0 bridgehead atoms. The number of nitrogens with one attached hydrogen (secondary N) is 4. The number of amides is 4. The summed E-state index contributed by atoms with van der Waals surface area (Å²) in [5.74, 6) is -1.83. The van der Waals surface area contributed by atoms with E-state index in [-0.39, 0.29) is 49.7 Å². The van der Waals surface area contributed by atoms with Crippen molar-refractivity contribution in [3.8, 4) is 0 Å². The average Bonchev–Trinajstić information content (AvgIpc) is 4.05. The number of nitrogens with two attached hydrogens (primary N) is 4. The summed E-state index contributed by atoms with van der Waals surface area (Å²) in [5, 5.41) is 11.3. The Balaban J connectivity index is 1.35. The largest absolute Gasteiger partial charge is 0.491 e. The van der Waals surface area contributed by atoms with Gasteiger partial charge in [0.1, 0.15) is 23.3 Å². The van der Waals surface area contributed by atoms with E-state index in [9.17, 15) is 19.2 Å². The van der Waals surface area contributed by atoms with Crippen LogP contribution >= 0.6 is 0 Å². The van der Waals surface area contributed by atoms with E-state index in [4.69, 9.17) is 32.2 Å². The summed E-state index contributed by atoms with van der Waals surface area (Å²) < 4.78 is 11.6. The molecular formula is C34H48BN10O6. The number of carbonyl (C=O) groups is 4. The van der Waals surface area contributed by atoms with E-state index in [1.807, 2.05) is 60.7 Å². The highest BCUT2D eigenvalue weighted by atomic mass is 16.6. The Morgan fingerprint density at radius 1 is 0.627 bits per heavy atom. The van der Waals surface area contributed by atoms with Gasteiger partial charge in [-0.05, 0) is 62.5 Å². The molecule has 0 aliphatic heterocycles. The predicted octanol–water partition coefficient (Wildman–Crippen LogP) is -0.261. The SMILES string of the molecule is NC(N)=NCCCC(NC(=O)C1(C(=O)NCc2ccccc2)CC1)O[B]OC(CCCN=C(N)N)NC(=O)C1(C(=O)NCc2ccccc2)CC1. The fourth-order valence-electron chi connectivity index (χ4n) is 5.31. The maximum atomic E-state index is 13.4. The van der Waals surface area contributed by atoms with Gasteiger partial charge in [0.2, 0.25) is 23.6 Å². The zero-order valence-electron chi connectivity index (χ0n) is 28.6. The number of aliphatic imine (C=N–C) groups is 2. The Hall–Kier alpha value is -5.16. The van der Waals surface area contributed by atoms with Crippen LogP contribution in [0.15, 0.2) is 70.6 Å². The van der Waals surface area contributed by atoms with Gasteiger partial charge in [-0.25, -0.2) is 0 Å². The van der Waals surface area contributed by atoms with E-state index in [1.165, 1.54) is 0 Å². The molecule has 0 saturated heterocycles. The molecule has 2 aliphatic carbocycles. The van der Waals surface area contributed by atoms with Crippen LogP contribution in [0.3, 0.4) is 0 Å². The van der Waals surface area contributed by atoms with E-state index < -0.39 is 35.1 Å². The average molecular weight is 704 g/mol. The highest BCUT2D eigenvalue weighted by molar-refractivity contribution is 6.18. The van der Waals surface area contributed by atoms with Crippen LogP contribution in [0.1, 0.15) is 62.5 Å². The van der Waals surface area contributed by atoms with Gasteiger partial charge in [-0.2, -0.15) is 0 Å². The van der Waals surface area contributed by atoms with Crippen LogP contribution in [-0.2, 0) is 41.6 Å². The Bertz CT molecular complexity index is 1420. The minimum absolute atomic E-state index is 0.0695. The van der Waals surface area contributed by atoms with Crippen molar-refractivity contribution in [2.24, 2.45) is 43.7 Å². The van der Waals surface area contributed by atoms with Crippen molar-refractivity contribution in [3.05, 3.63) is 71.8 Å². The van der Waals surface area contributed by atoms with Gasteiger partial charge >= 0.3 is 7.69 Å². The summed E-state index contributed by atoms with van der Waals surface area (Å²) in [6.45, 7) is 1.14. The molecule has 0 aromatic heterocycles. The number of hydrogen-bond donors (Lipinski definition) is 8. The number of rotatable bonds is 22. The molecule has 2 saturated carbocycles. The maximum absolute atomic E-state index is 13.4. The summed E-state index contributed by atoms with van der Waals surface area (Å²) >= 11 is 0. The van der Waals surface area contributed by atoms with Gasteiger partial charge in [0.25, 0.3) is 0 Å². The highest BCUT2D eigenvalue weighted by Gasteiger charge is 2.57.